The van der Waals surface area contributed by atoms with Crippen molar-refractivity contribution in [2.75, 3.05) is 13.1 Å². The van der Waals surface area contributed by atoms with Crippen LogP contribution in [0.3, 0.4) is 0 Å². The fraction of sp³-hybridized carbons (Fsp3) is 0.568. The number of nitrogens with zero attached hydrogens (tertiary/aromatic N) is 2. The Morgan fingerprint density at radius 3 is 2.56 bits per heavy atom. The molecule has 2 fully saturated rings. The van der Waals surface area contributed by atoms with Crippen LogP contribution < -0.4 is 5.32 Å². The van der Waals surface area contributed by atoms with Crippen LogP contribution in [-0.4, -0.2) is 70.3 Å². The van der Waals surface area contributed by atoms with Crippen molar-refractivity contribution in [3.05, 3.63) is 82.2 Å². The lowest BCUT2D eigenvalue weighted by atomic mass is 9.90. The Kier molecular flexibility index (Phi) is 12.2. The lowest BCUT2D eigenvalue weighted by molar-refractivity contribution is -0.159. The van der Waals surface area contributed by atoms with Crippen LogP contribution in [0.25, 0.3) is 0 Å². The zero-order valence-electron chi connectivity index (χ0n) is 33.0. The van der Waals surface area contributed by atoms with E-state index in [0.717, 1.165) is 24.8 Å². The average molecular weight is 758 g/mol. The Balaban J connectivity index is 1.22. The molecule has 296 valence electrons. The van der Waals surface area contributed by atoms with E-state index in [0.29, 0.717) is 43.4 Å². The molecule has 4 aliphatic rings. The van der Waals surface area contributed by atoms with Gasteiger partial charge in [-0.05, 0) is 101 Å². The summed E-state index contributed by atoms with van der Waals surface area (Å²) in [7, 11) is 0. The lowest BCUT2D eigenvalue weighted by Crippen LogP contribution is -2.46. The Labute approximate surface area is 324 Å². The first-order valence-corrected chi connectivity index (χ1v) is 19.9. The van der Waals surface area contributed by atoms with E-state index >= 15 is 0 Å². The van der Waals surface area contributed by atoms with Gasteiger partial charge in [0.25, 0.3) is 0 Å². The zero-order chi connectivity index (χ0) is 39.5. The van der Waals surface area contributed by atoms with Crippen LogP contribution in [0, 0.1) is 36.9 Å². The first-order valence-electron chi connectivity index (χ1n) is 19.9. The highest BCUT2D eigenvalue weighted by Crippen LogP contribution is 2.57. The zero-order valence-corrected chi connectivity index (χ0v) is 33.0. The average Bonchev–Trinajstić information content (AvgIpc) is 3.41. The molecule has 2 aromatic rings. The summed E-state index contributed by atoms with van der Waals surface area (Å²) in [4.78, 5) is 72.4. The smallest absolute Gasteiger partial charge is 0.410 e. The predicted octanol–water partition coefficient (Wildman–Crippen LogP) is 7.06. The second kappa shape index (κ2) is 16.7. The van der Waals surface area contributed by atoms with Gasteiger partial charge in [0.15, 0.2) is 5.78 Å². The first-order chi connectivity index (χ1) is 26.1. The molecular weight excluding hydrogens is 701 g/mol. The van der Waals surface area contributed by atoms with Crippen molar-refractivity contribution in [3.63, 3.8) is 0 Å². The summed E-state index contributed by atoms with van der Waals surface area (Å²) >= 11 is 0. The van der Waals surface area contributed by atoms with Crippen LogP contribution in [0.1, 0.15) is 106 Å². The molecule has 1 aliphatic carbocycles. The van der Waals surface area contributed by atoms with Crippen LogP contribution >= 0.6 is 0 Å². The molecule has 1 saturated carbocycles. The standard InChI is InChI=1S/C44H56FN3O7/c1-28-16-17-30(20-29(28)2)18-19-46-41(52)44-23-33(44)14-10-8-6-7-9-12-31(21-39(50)55-43(3,4)5)40(51)48-26-34(22-37(48)38(49)24-44)54-42(53)47-25-32-13-11-15-36(45)35(32)27-47/h10-11,13-17,20,31,33-34,37H,6-9,12,18-19,21-27H2,1-5H3,(H,46,52)/b14-10-/t31?,33?,34?,37-,44?/m0/s1. The van der Waals surface area contributed by atoms with E-state index < -0.39 is 41.1 Å². The molecule has 10 nitrogen and oxygen atoms in total. The van der Waals surface area contributed by atoms with Crippen molar-refractivity contribution in [1.29, 1.82) is 0 Å². The lowest BCUT2D eigenvalue weighted by Gasteiger charge is -2.29. The number of fused-ring (bicyclic) bond motifs is 3. The van der Waals surface area contributed by atoms with Crippen molar-refractivity contribution in [2.45, 2.75) is 130 Å². The second-order valence-electron chi connectivity index (χ2n) is 17.1. The number of halogens is 1. The second-order valence-corrected chi connectivity index (χ2v) is 17.1. The summed E-state index contributed by atoms with van der Waals surface area (Å²) in [6, 6.07) is 10.1. The Morgan fingerprint density at radius 1 is 1.02 bits per heavy atom. The van der Waals surface area contributed by atoms with Gasteiger partial charge in [0, 0.05) is 37.4 Å². The van der Waals surface area contributed by atoms with Gasteiger partial charge >= 0.3 is 12.1 Å². The summed E-state index contributed by atoms with van der Waals surface area (Å²) in [5.74, 6) is -2.52. The maximum Gasteiger partial charge on any atom is 0.410 e. The van der Waals surface area contributed by atoms with Gasteiger partial charge in [0.05, 0.1) is 31.0 Å². The highest BCUT2D eigenvalue weighted by molar-refractivity contribution is 5.97. The van der Waals surface area contributed by atoms with Crippen molar-refractivity contribution in [3.8, 4) is 0 Å². The van der Waals surface area contributed by atoms with E-state index in [1.165, 1.54) is 27.0 Å². The van der Waals surface area contributed by atoms with Crippen molar-refractivity contribution in [2.24, 2.45) is 17.3 Å². The SMILES string of the molecule is Cc1ccc(CCNC(=O)C23CC(=O)[C@@H]4CC(OC(=O)N5Cc6cccc(F)c6C5)CN4C(=O)C(CC(=O)OC(C)(C)C)CCCCC/C=C\C2C3)cc1C. The minimum atomic E-state index is -0.949. The molecule has 0 radical (unpaired) electrons. The minimum Gasteiger partial charge on any atom is -0.460 e. The van der Waals surface area contributed by atoms with E-state index in [9.17, 15) is 28.4 Å². The number of hydrogen-bond donors (Lipinski definition) is 1. The fourth-order valence-corrected chi connectivity index (χ4v) is 8.40. The molecule has 3 amide bonds. The maximum atomic E-state index is 14.5. The number of ether oxygens (including phenoxy) is 2. The summed E-state index contributed by atoms with van der Waals surface area (Å²) in [5, 5.41) is 3.12. The molecule has 1 N–H and O–H groups in total. The number of aryl methyl sites for hydroxylation is 2. The van der Waals surface area contributed by atoms with E-state index in [1.807, 2.05) is 0 Å². The molecular formula is C44H56FN3O7. The van der Waals surface area contributed by atoms with Crippen LogP contribution in [0.15, 0.2) is 48.6 Å². The van der Waals surface area contributed by atoms with Crippen molar-refractivity contribution in [1.82, 2.24) is 15.1 Å². The third kappa shape index (κ3) is 9.65. The van der Waals surface area contributed by atoms with Crippen molar-refractivity contribution < 1.29 is 37.8 Å². The molecule has 5 atom stereocenters. The third-order valence-corrected chi connectivity index (χ3v) is 11.7. The largest absolute Gasteiger partial charge is 0.460 e. The van der Waals surface area contributed by atoms with Crippen LogP contribution in [0.4, 0.5) is 9.18 Å². The number of carbonyl (C=O) groups excluding carboxylic acids is 5. The Morgan fingerprint density at radius 2 is 1.82 bits per heavy atom. The molecule has 3 aliphatic heterocycles. The molecule has 3 heterocycles. The summed E-state index contributed by atoms with van der Waals surface area (Å²) in [6.07, 6.45) is 7.45. The number of benzene rings is 2. The van der Waals surface area contributed by atoms with Gasteiger partial charge in [-0.2, -0.15) is 0 Å². The van der Waals surface area contributed by atoms with Gasteiger partial charge < -0.3 is 19.7 Å². The molecule has 0 bridgehead atoms. The molecule has 11 heteroatoms. The predicted molar refractivity (Wildman–Crippen MR) is 205 cm³/mol. The van der Waals surface area contributed by atoms with Crippen molar-refractivity contribution >= 4 is 29.7 Å². The minimum absolute atomic E-state index is 0.0283. The number of esters is 1. The molecule has 0 aromatic heterocycles. The maximum absolute atomic E-state index is 14.5. The van der Waals surface area contributed by atoms with Gasteiger partial charge in [-0.1, -0.05) is 55.3 Å². The highest BCUT2D eigenvalue weighted by atomic mass is 19.1. The number of amides is 3. The molecule has 55 heavy (non-hydrogen) atoms. The van der Waals surface area contributed by atoms with Gasteiger partial charge in [-0.3, -0.25) is 24.1 Å². The number of hydrogen-bond acceptors (Lipinski definition) is 7. The fourth-order valence-electron chi connectivity index (χ4n) is 8.40. The molecule has 4 unspecified atom stereocenters. The Hall–Kier alpha value is -4.54. The third-order valence-electron chi connectivity index (χ3n) is 11.7. The number of ketones is 1. The number of allylic oxidation sites excluding steroid dienone is 2. The molecule has 2 aromatic carbocycles. The number of rotatable bonds is 7. The van der Waals surface area contributed by atoms with E-state index in [2.05, 4.69) is 49.5 Å². The van der Waals surface area contributed by atoms with Gasteiger partial charge in [0.2, 0.25) is 11.8 Å². The van der Waals surface area contributed by atoms with Crippen LogP contribution in [0.5, 0.6) is 0 Å². The highest BCUT2D eigenvalue weighted by Gasteiger charge is 2.60. The van der Waals surface area contributed by atoms with E-state index in [-0.39, 0.29) is 68.2 Å². The monoisotopic (exact) mass is 757 g/mol. The number of Topliss-reactive ketones (excluding diaryl/α,β-unsaturated/α-hetero) is 1. The van der Waals surface area contributed by atoms with Gasteiger partial charge in [-0.15, -0.1) is 0 Å². The normalized spacial score (nSPS) is 26.2. The van der Waals surface area contributed by atoms with Crippen LogP contribution in [0.2, 0.25) is 0 Å². The summed E-state index contributed by atoms with van der Waals surface area (Å²) in [5.41, 5.74) is 2.99. The van der Waals surface area contributed by atoms with Gasteiger partial charge in [-0.25, -0.2) is 9.18 Å². The number of nitrogens with one attached hydrogen (secondary N) is 1. The van der Waals surface area contributed by atoms with Crippen LogP contribution in [-0.2, 0) is 48.2 Å². The Bertz CT molecular complexity index is 1840. The summed E-state index contributed by atoms with van der Waals surface area (Å²) in [6.45, 7) is 10.1. The summed E-state index contributed by atoms with van der Waals surface area (Å²) < 4.78 is 26.0. The van der Waals surface area contributed by atoms with E-state index in [4.69, 9.17) is 9.47 Å². The quantitative estimate of drug-likeness (QED) is 0.237. The number of carbonyl (C=O) groups is 5. The van der Waals surface area contributed by atoms with E-state index in [1.54, 1.807) is 32.9 Å². The first kappa shape index (κ1) is 40.1. The molecule has 0 spiro atoms. The van der Waals surface area contributed by atoms with Gasteiger partial charge in [0.1, 0.15) is 17.5 Å². The molecule has 1 saturated heterocycles. The molecule has 6 rings (SSSR count). The topological polar surface area (TPSA) is 122 Å².